The van der Waals surface area contributed by atoms with Crippen LogP contribution in [0, 0.1) is 0 Å². The van der Waals surface area contributed by atoms with Crippen LogP contribution in [0.25, 0.3) is 0 Å². The fraction of sp³-hybridized carbons (Fsp3) is 0.462. The number of rotatable bonds is 3. The lowest BCUT2D eigenvalue weighted by Gasteiger charge is -2.37. The normalized spacial score (nSPS) is 17.9. The standard InChI is InChI=1S/C13H16Cl2N2O.ClH/c1-8(9-3-4-10(14)11(15)7-9)17-12(18)13(16)5-2-6-13;/h3-4,7-8H,2,5-6,16H2,1H3,(H,17,18);1H. The molecule has 1 aromatic carbocycles. The van der Waals surface area contributed by atoms with Gasteiger partial charge >= 0.3 is 0 Å². The molecule has 2 rings (SSSR count). The van der Waals surface area contributed by atoms with E-state index in [1.807, 2.05) is 13.0 Å². The van der Waals surface area contributed by atoms with Gasteiger partial charge in [-0.15, -0.1) is 12.4 Å². The van der Waals surface area contributed by atoms with E-state index in [0.29, 0.717) is 10.0 Å². The van der Waals surface area contributed by atoms with E-state index in [1.54, 1.807) is 12.1 Å². The highest BCUT2D eigenvalue weighted by Crippen LogP contribution is 2.30. The molecule has 3 nitrogen and oxygen atoms in total. The Balaban J connectivity index is 0.00000180. The minimum Gasteiger partial charge on any atom is -0.348 e. The van der Waals surface area contributed by atoms with Crippen molar-refractivity contribution in [1.29, 1.82) is 0 Å². The summed E-state index contributed by atoms with van der Waals surface area (Å²) in [6, 6.07) is 5.21. The second-order valence-corrected chi connectivity index (χ2v) is 5.69. The van der Waals surface area contributed by atoms with Gasteiger partial charge in [-0.2, -0.15) is 0 Å². The van der Waals surface area contributed by atoms with Crippen molar-refractivity contribution in [3.63, 3.8) is 0 Å². The molecule has 1 unspecified atom stereocenters. The molecule has 1 aliphatic rings. The number of hydrogen-bond donors (Lipinski definition) is 2. The van der Waals surface area contributed by atoms with E-state index in [-0.39, 0.29) is 24.4 Å². The van der Waals surface area contributed by atoms with E-state index in [4.69, 9.17) is 28.9 Å². The molecule has 1 fully saturated rings. The summed E-state index contributed by atoms with van der Waals surface area (Å²) in [5.41, 5.74) is 6.21. The fourth-order valence-electron chi connectivity index (χ4n) is 1.99. The Morgan fingerprint density at radius 1 is 1.37 bits per heavy atom. The molecular formula is C13H17Cl3N2O. The summed E-state index contributed by atoms with van der Waals surface area (Å²) in [5, 5.41) is 3.91. The molecule has 1 atom stereocenters. The van der Waals surface area contributed by atoms with Crippen LogP contribution >= 0.6 is 35.6 Å². The van der Waals surface area contributed by atoms with E-state index in [9.17, 15) is 4.79 Å². The molecule has 0 radical (unpaired) electrons. The molecule has 1 saturated carbocycles. The molecule has 0 aliphatic heterocycles. The maximum absolute atomic E-state index is 12.0. The Morgan fingerprint density at radius 3 is 2.47 bits per heavy atom. The largest absolute Gasteiger partial charge is 0.348 e. The summed E-state index contributed by atoms with van der Waals surface area (Å²) in [4.78, 5) is 12.0. The van der Waals surface area contributed by atoms with Gasteiger partial charge in [0.25, 0.3) is 0 Å². The van der Waals surface area contributed by atoms with Crippen LogP contribution in [0.5, 0.6) is 0 Å². The van der Waals surface area contributed by atoms with Crippen molar-refractivity contribution in [2.45, 2.75) is 37.8 Å². The average Bonchev–Trinajstić information content (AvgIpc) is 2.29. The number of hydrogen-bond acceptors (Lipinski definition) is 2. The van der Waals surface area contributed by atoms with Crippen molar-refractivity contribution in [3.8, 4) is 0 Å². The third-order valence-electron chi connectivity index (χ3n) is 3.49. The van der Waals surface area contributed by atoms with Crippen LogP contribution in [0.4, 0.5) is 0 Å². The quantitative estimate of drug-likeness (QED) is 0.895. The van der Waals surface area contributed by atoms with Crippen molar-refractivity contribution in [2.75, 3.05) is 0 Å². The maximum Gasteiger partial charge on any atom is 0.240 e. The van der Waals surface area contributed by atoms with Crippen molar-refractivity contribution in [1.82, 2.24) is 5.32 Å². The predicted molar refractivity (Wildman–Crippen MR) is 81.0 cm³/mol. The summed E-state index contributed by atoms with van der Waals surface area (Å²) >= 11 is 11.8. The van der Waals surface area contributed by atoms with Crippen LogP contribution in [0.1, 0.15) is 37.8 Å². The second-order valence-electron chi connectivity index (χ2n) is 4.88. The van der Waals surface area contributed by atoms with Gasteiger partial charge in [-0.3, -0.25) is 4.79 Å². The third kappa shape index (κ3) is 3.54. The Morgan fingerprint density at radius 2 is 2.00 bits per heavy atom. The fourth-order valence-corrected chi connectivity index (χ4v) is 2.30. The van der Waals surface area contributed by atoms with Gasteiger partial charge in [0, 0.05) is 0 Å². The van der Waals surface area contributed by atoms with Gasteiger partial charge in [0.2, 0.25) is 5.91 Å². The number of nitrogens with one attached hydrogen (secondary N) is 1. The highest BCUT2D eigenvalue weighted by molar-refractivity contribution is 6.42. The maximum atomic E-state index is 12.0. The molecule has 0 bridgehead atoms. The van der Waals surface area contributed by atoms with Crippen LogP contribution in [-0.4, -0.2) is 11.4 Å². The first-order valence-electron chi connectivity index (χ1n) is 5.97. The lowest BCUT2D eigenvalue weighted by atomic mass is 9.77. The zero-order valence-electron chi connectivity index (χ0n) is 10.6. The molecule has 0 saturated heterocycles. The minimum atomic E-state index is -0.676. The van der Waals surface area contributed by atoms with Gasteiger partial charge in [0.1, 0.15) is 0 Å². The smallest absolute Gasteiger partial charge is 0.240 e. The second kappa shape index (κ2) is 6.31. The van der Waals surface area contributed by atoms with E-state index in [0.717, 1.165) is 24.8 Å². The van der Waals surface area contributed by atoms with Gasteiger partial charge in [0.15, 0.2) is 0 Å². The summed E-state index contributed by atoms with van der Waals surface area (Å²) in [6.45, 7) is 1.90. The number of halogens is 3. The Hall–Kier alpha value is -0.480. The van der Waals surface area contributed by atoms with E-state index in [2.05, 4.69) is 5.32 Å². The highest BCUT2D eigenvalue weighted by Gasteiger charge is 2.40. The molecule has 6 heteroatoms. The van der Waals surface area contributed by atoms with Crippen molar-refractivity contribution < 1.29 is 4.79 Å². The average molecular weight is 324 g/mol. The molecule has 1 amide bonds. The van der Waals surface area contributed by atoms with Crippen LogP contribution in [0.3, 0.4) is 0 Å². The van der Waals surface area contributed by atoms with Crippen molar-refractivity contribution >= 4 is 41.5 Å². The molecule has 106 valence electrons. The molecule has 0 heterocycles. The van der Waals surface area contributed by atoms with Crippen LogP contribution < -0.4 is 11.1 Å². The topological polar surface area (TPSA) is 55.1 Å². The van der Waals surface area contributed by atoms with Gasteiger partial charge < -0.3 is 11.1 Å². The minimum absolute atomic E-state index is 0. The van der Waals surface area contributed by atoms with Crippen LogP contribution in [-0.2, 0) is 4.79 Å². The first kappa shape index (κ1) is 16.6. The zero-order valence-corrected chi connectivity index (χ0v) is 12.9. The predicted octanol–water partition coefficient (Wildman–Crippen LogP) is 3.47. The van der Waals surface area contributed by atoms with Gasteiger partial charge in [0.05, 0.1) is 21.6 Å². The number of nitrogens with two attached hydrogens (primary N) is 1. The number of benzene rings is 1. The molecule has 3 N–H and O–H groups in total. The lowest BCUT2D eigenvalue weighted by molar-refractivity contribution is -0.129. The lowest BCUT2D eigenvalue weighted by Crippen LogP contribution is -2.58. The first-order valence-corrected chi connectivity index (χ1v) is 6.73. The molecule has 19 heavy (non-hydrogen) atoms. The molecule has 0 spiro atoms. The van der Waals surface area contributed by atoms with E-state index < -0.39 is 5.54 Å². The first-order chi connectivity index (χ1) is 8.42. The molecular weight excluding hydrogens is 307 g/mol. The Kier molecular flexibility index (Phi) is 5.51. The summed E-state index contributed by atoms with van der Waals surface area (Å²) < 4.78 is 0. The Bertz CT molecular complexity index is 475. The van der Waals surface area contributed by atoms with Crippen molar-refractivity contribution in [3.05, 3.63) is 33.8 Å². The van der Waals surface area contributed by atoms with Gasteiger partial charge in [-0.1, -0.05) is 29.3 Å². The Labute approximate surface area is 129 Å². The monoisotopic (exact) mass is 322 g/mol. The van der Waals surface area contributed by atoms with Gasteiger partial charge in [-0.25, -0.2) is 0 Å². The number of amides is 1. The highest BCUT2D eigenvalue weighted by atomic mass is 35.5. The number of carbonyl (C=O) groups excluding carboxylic acids is 1. The van der Waals surface area contributed by atoms with Crippen LogP contribution in [0.15, 0.2) is 18.2 Å². The summed E-state index contributed by atoms with van der Waals surface area (Å²) in [5.74, 6) is -0.0904. The third-order valence-corrected chi connectivity index (χ3v) is 4.23. The van der Waals surface area contributed by atoms with Gasteiger partial charge in [-0.05, 0) is 43.9 Å². The van der Waals surface area contributed by atoms with E-state index in [1.165, 1.54) is 0 Å². The number of carbonyl (C=O) groups is 1. The van der Waals surface area contributed by atoms with E-state index >= 15 is 0 Å². The molecule has 1 aromatic rings. The SMILES string of the molecule is CC(NC(=O)C1(N)CCC1)c1ccc(Cl)c(Cl)c1.Cl. The van der Waals surface area contributed by atoms with Crippen LogP contribution in [0.2, 0.25) is 10.0 Å². The molecule has 1 aliphatic carbocycles. The zero-order chi connectivity index (χ0) is 13.3. The molecule has 0 aromatic heterocycles. The summed E-state index contributed by atoms with van der Waals surface area (Å²) in [6.07, 6.45) is 2.53. The summed E-state index contributed by atoms with van der Waals surface area (Å²) in [7, 11) is 0. The van der Waals surface area contributed by atoms with Crippen molar-refractivity contribution in [2.24, 2.45) is 5.73 Å².